The average Bonchev–Trinajstić information content (AvgIpc) is 3.31. The van der Waals surface area contributed by atoms with Crippen molar-refractivity contribution in [1.29, 1.82) is 0 Å². The van der Waals surface area contributed by atoms with Crippen LogP contribution >= 0.6 is 0 Å². The van der Waals surface area contributed by atoms with Gasteiger partial charge in [0.15, 0.2) is 17.1 Å². The molecule has 0 unspecified atom stereocenters. The highest BCUT2D eigenvalue weighted by molar-refractivity contribution is 6.04. The molecule has 1 amide bonds. The maximum atomic E-state index is 13.0. The van der Waals surface area contributed by atoms with E-state index >= 15 is 0 Å². The third-order valence-electron chi connectivity index (χ3n) is 3.99. The monoisotopic (exact) mass is 381 g/mol. The number of carbonyl (C=O) groups is 1. The van der Waals surface area contributed by atoms with Crippen molar-refractivity contribution in [3.8, 4) is 5.75 Å². The van der Waals surface area contributed by atoms with E-state index in [1.165, 1.54) is 12.1 Å². The first kappa shape index (κ1) is 17.7. The number of aromatic nitrogens is 2. The number of amides is 1. The van der Waals surface area contributed by atoms with Crippen LogP contribution in [0.2, 0.25) is 0 Å². The van der Waals surface area contributed by atoms with Gasteiger partial charge in [-0.2, -0.15) is 0 Å². The number of benzene rings is 2. The van der Waals surface area contributed by atoms with E-state index in [1.54, 1.807) is 24.3 Å². The lowest BCUT2D eigenvalue weighted by molar-refractivity contribution is 0.0995. The zero-order chi connectivity index (χ0) is 19.5. The van der Waals surface area contributed by atoms with Crippen molar-refractivity contribution >= 4 is 22.9 Å². The van der Waals surface area contributed by atoms with Gasteiger partial charge in [0.05, 0.1) is 13.0 Å². The van der Waals surface area contributed by atoms with E-state index in [1.807, 2.05) is 19.1 Å². The van der Waals surface area contributed by atoms with Gasteiger partial charge in [0.2, 0.25) is 5.89 Å². The second kappa shape index (κ2) is 7.51. The van der Waals surface area contributed by atoms with E-state index in [0.29, 0.717) is 30.3 Å². The third-order valence-corrected chi connectivity index (χ3v) is 3.99. The Morgan fingerprint density at radius 1 is 1.14 bits per heavy atom. The molecule has 0 aliphatic carbocycles. The zero-order valence-electron chi connectivity index (χ0n) is 14.9. The fourth-order valence-corrected chi connectivity index (χ4v) is 2.73. The minimum Gasteiger partial charge on any atom is -0.490 e. The molecule has 2 aromatic heterocycles. The quantitative estimate of drug-likeness (QED) is 0.538. The third kappa shape index (κ3) is 3.71. The van der Waals surface area contributed by atoms with Gasteiger partial charge in [0.1, 0.15) is 5.82 Å². The van der Waals surface area contributed by atoms with Crippen molar-refractivity contribution in [1.82, 2.24) is 10.2 Å². The largest absolute Gasteiger partial charge is 0.490 e. The van der Waals surface area contributed by atoms with Crippen LogP contribution in [0.15, 0.2) is 57.4 Å². The number of furan rings is 1. The van der Waals surface area contributed by atoms with Crippen LogP contribution in [0.3, 0.4) is 0 Å². The first-order valence-corrected chi connectivity index (χ1v) is 8.66. The Bertz CT molecular complexity index is 1120. The van der Waals surface area contributed by atoms with Gasteiger partial charge in [-0.15, -0.1) is 5.10 Å². The molecule has 0 radical (unpaired) electrons. The number of anilines is 1. The van der Waals surface area contributed by atoms with E-state index in [2.05, 4.69) is 15.5 Å². The molecule has 0 saturated heterocycles. The molecule has 2 heterocycles. The summed E-state index contributed by atoms with van der Waals surface area (Å²) < 4.78 is 29.5. The number of hydrogen-bond acceptors (Lipinski definition) is 6. The summed E-state index contributed by atoms with van der Waals surface area (Å²) in [5.74, 6) is 0.125. The van der Waals surface area contributed by atoms with Crippen LogP contribution in [-0.2, 0) is 6.42 Å². The van der Waals surface area contributed by atoms with Crippen LogP contribution in [0.4, 0.5) is 10.4 Å². The van der Waals surface area contributed by atoms with Crippen LogP contribution in [0.25, 0.3) is 11.0 Å². The molecule has 0 atom stereocenters. The van der Waals surface area contributed by atoms with Gasteiger partial charge in [-0.05, 0) is 36.8 Å². The molecular weight excluding hydrogens is 365 g/mol. The Labute approximate surface area is 159 Å². The Kier molecular flexibility index (Phi) is 4.76. The van der Waals surface area contributed by atoms with Crippen LogP contribution < -0.4 is 10.1 Å². The predicted octanol–water partition coefficient (Wildman–Crippen LogP) is 4.20. The lowest BCUT2D eigenvalue weighted by Crippen LogP contribution is -2.11. The zero-order valence-corrected chi connectivity index (χ0v) is 14.9. The van der Waals surface area contributed by atoms with Crippen molar-refractivity contribution in [3.63, 3.8) is 0 Å². The number of para-hydroxylation sites is 1. The van der Waals surface area contributed by atoms with Gasteiger partial charge >= 0.3 is 6.01 Å². The van der Waals surface area contributed by atoms with Crippen molar-refractivity contribution < 1.29 is 22.8 Å². The number of carbonyl (C=O) groups excluding carboxylic acids is 1. The number of rotatable bonds is 6. The highest BCUT2D eigenvalue weighted by Crippen LogP contribution is 2.29. The van der Waals surface area contributed by atoms with Crippen LogP contribution in [0, 0.1) is 5.82 Å². The molecule has 28 heavy (non-hydrogen) atoms. The summed E-state index contributed by atoms with van der Waals surface area (Å²) in [6, 6.07) is 13.0. The van der Waals surface area contributed by atoms with Crippen molar-refractivity contribution in [2.45, 2.75) is 13.3 Å². The number of nitrogens with zero attached hydrogens (tertiary/aromatic N) is 2. The summed E-state index contributed by atoms with van der Waals surface area (Å²) in [6.45, 7) is 2.36. The molecule has 0 aliphatic rings. The van der Waals surface area contributed by atoms with Crippen molar-refractivity contribution in [2.24, 2.45) is 0 Å². The Morgan fingerprint density at radius 3 is 2.75 bits per heavy atom. The fraction of sp³-hybridized carbons (Fsp3) is 0.150. The minimum atomic E-state index is -0.518. The molecular formula is C20H16FN3O4. The second-order valence-corrected chi connectivity index (χ2v) is 5.98. The molecule has 142 valence electrons. The highest BCUT2D eigenvalue weighted by atomic mass is 19.1. The van der Waals surface area contributed by atoms with E-state index in [-0.39, 0.29) is 17.6 Å². The molecule has 0 saturated carbocycles. The Balaban J connectivity index is 1.48. The number of ether oxygens (including phenoxy) is 1. The van der Waals surface area contributed by atoms with Gasteiger partial charge < -0.3 is 13.6 Å². The molecule has 0 bridgehead atoms. The first-order chi connectivity index (χ1) is 13.6. The van der Waals surface area contributed by atoms with Crippen molar-refractivity contribution in [2.75, 3.05) is 11.9 Å². The lowest BCUT2D eigenvalue weighted by Gasteiger charge is -2.02. The molecule has 8 heteroatoms. The summed E-state index contributed by atoms with van der Waals surface area (Å²) in [5, 5.41) is 11.0. The van der Waals surface area contributed by atoms with Crippen molar-refractivity contribution in [3.05, 3.63) is 71.6 Å². The summed E-state index contributed by atoms with van der Waals surface area (Å²) in [7, 11) is 0. The highest BCUT2D eigenvalue weighted by Gasteiger charge is 2.17. The Morgan fingerprint density at radius 2 is 1.96 bits per heavy atom. The Hall–Kier alpha value is -3.68. The van der Waals surface area contributed by atoms with E-state index in [4.69, 9.17) is 13.6 Å². The van der Waals surface area contributed by atoms with Gasteiger partial charge in [-0.25, -0.2) is 4.39 Å². The van der Waals surface area contributed by atoms with Gasteiger partial charge in [-0.3, -0.25) is 10.1 Å². The van der Waals surface area contributed by atoms with Crippen LogP contribution in [-0.4, -0.2) is 22.7 Å². The predicted molar refractivity (Wildman–Crippen MR) is 98.8 cm³/mol. The maximum absolute atomic E-state index is 13.0. The van der Waals surface area contributed by atoms with Crippen LogP contribution in [0.1, 0.15) is 28.9 Å². The van der Waals surface area contributed by atoms with E-state index in [0.717, 1.165) is 10.9 Å². The lowest BCUT2D eigenvalue weighted by atomic mass is 10.1. The van der Waals surface area contributed by atoms with Gasteiger partial charge in [0, 0.05) is 5.39 Å². The van der Waals surface area contributed by atoms with E-state index < -0.39 is 5.91 Å². The number of hydrogen-bond donors (Lipinski definition) is 1. The minimum absolute atomic E-state index is 0.0485. The number of nitrogens with one attached hydrogen (secondary N) is 1. The van der Waals surface area contributed by atoms with E-state index in [9.17, 15) is 9.18 Å². The van der Waals surface area contributed by atoms with Gasteiger partial charge in [-0.1, -0.05) is 29.4 Å². The summed E-state index contributed by atoms with van der Waals surface area (Å²) >= 11 is 0. The average molecular weight is 381 g/mol. The summed E-state index contributed by atoms with van der Waals surface area (Å²) in [5.41, 5.74) is 1.31. The smallest absolute Gasteiger partial charge is 0.322 e. The standard InChI is InChI=1S/C20H16FN3O4/c1-2-26-15-5-3-4-13-11-16(27-18(13)15)19(25)22-20-24-23-17(28-20)10-12-6-8-14(21)9-7-12/h3-9,11H,2,10H2,1H3,(H,22,24,25). The molecule has 7 nitrogen and oxygen atoms in total. The molecule has 0 spiro atoms. The first-order valence-electron chi connectivity index (χ1n) is 8.66. The normalized spacial score (nSPS) is 10.9. The SMILES string of the molecule is CCOc1cccc2cc(C(=O)Nc3nnc(Cc4ccc(F)cc4)o3)oc12. The molecule has 0 fully saturated rings. The summed E-state index contributed by atoms with van der Waals surface area (Å²) in [6.07, 6.45) is 0.325. The number of fused-ring (bicyclic) bond motifs is 1. The molecule has 0 aliphatic heterocycles. The topological polar surface area (TPSA) is 90.4 Å². The summed E-state index contributed by atoms with van der Waals surface area (Å²) in [4.78, 5) is 12.4. The van der Waals surface area contributed by atoms with Gasteiger partial charge in [0.25, 0.3) is 5.91 Å². The molecule has 1 N–H and O–H groups in total. The van der Waals surface area contributed by atoms with Crippen LogP contribution in [0.5, 0.6) is 5.75 Å². The molecule has 4 aromatic rings. The molecule has 4 rings (SSSR count). The number of halogens is 1. The fourth-order valence-electron chi connectivity index (χ4n) is 2.73. The molecule has 2 aromatic carbocycles. The maximum Gasteiger partial charge on any atom is 0.322 e. The second-order valence-electron chi connectivity index (χ2n) is 5.98.